The van der Waals surface area contributed by atoms with Gasteiger partial charge in [-0.15, -0.1) is 0 Å². The number of halogens is 5. The zero-order valence-corrected chi connectivity index (χ0v) is 13.1. The molecule has 0 saturated carbocycles. The molecule has 124 valence electrons. The minimum absolute atomic E-state index is 0.0980. The van der Waals surface area contributed by atoms with Crippen LogP contribution in [0.25, 0.3) is 0 Å². The first kappa shape index (κ1) is 17.4. The number of rotatable bonds is 3. The number of carbonyl (C=O) groups is 1. The second-order valence-electron chi connectivity index (χ2n) is 4.43. The van der Waals surface area contributed by atoms with E-state index in [0.717, 1.165) is 13.3 Å². The highest BCUT2D eigenvalue weighted by Crippen LogP contribution is 2.32. The molecule has 1 aliphatic heterocycles. The van der Waals surface area contributed by atoms with Crippen molar-refractivity contribution in [1.82, 2.24) is 5.32 Å². The first-order chi connectivity index (χ1) is 10.7. The molecule has 2 N–H and O–H groups in total. The van der Waals surface area contributed by atoms with E-state index in [0.29, 0.717) is 11.1 Å². The van der Waals surface area contributed by atoms with Gasteiger partial charge < -0.3 is 15.4 Å². The van der Waals surface area contributed by atoms with Gasteiger partial charge in [-0.05, 0) is 24.3 Å². The largest absolute Gasteiger partial charge is 0.464 e. The van der Waals surface area contributed by atoms with E-state index in [2.05, 4.69) is 15.0 Å². The highest BCUT2D eigenvalue weighted by Gasteiger charge is 2.47. The summed E-state index contributed by atoms with van der Waals surface area (Å²) in [5.41, 5.74) is -1.01. The lowest BCUT2D eigenvalue weighted by Gasteiger charge is -2.34. The van der Waals surface area contributed by atoms with Crippen LogP contribution < -0.4 is 10.6 Å². The first-order valence-corrected chi connectivity index (χ1v) is 6.86. The summed E-state index contributed by atoms with van der Waals surface area (Å²) in [6, 6.07) is 4.22. The van der Waals surface area contributed by atoms with Crippen molar-refractivity contribution in [3.8, 4) is 0 Å². The zero-order valence-electron chi connectivity index (χ0n) is 11.5. The number of methoxy groups -OCH3 is 1. The van der Waals surface area contributed by atoms with E-state index >= 15 is 0 Å². The highest BCUT2D eigenvalue weighted by molar-refractivity contribution is 6.36. The quantitative estimate of drug-likeness (QED) is 0.804. The molecule has 0 fully saturated rings. The molecule has 0 amide bonds. The Hall–Kier alpha value is -1.93. The first-order valence-electron chi connectivity index (χ1n) is 6.10. The Morgan fingerprint density at radius 3 is 2.65 bits per heavy atom. The molecule has 0 saturated heterocycles. The molecule has 2 rings (SSSR count). The number of aliphatic imine (C=N–C) groups is 1. The van der Waals surface area contributed by atoms with Crippen LogP contribution in [0.3, 0.4) is 0 Å². The van der Waals surface area contributed by atoms with Gasteiger partial charge >= 0.3 is 17.9 Å². The summed E-state index contributed by atoms with van der Waals surface area (Å²) in [6.45, 7) is 0. The maximum absolute atomic E-state index is 12.9. The Morgan fingerprint density at radius 1 is 1.39 bits per heavy atom. The Kier molecular flexibility index (Phi) is 4.76. The van der Waals surface area contributed by atoms with E-state index in [-0.39, 0.29) is 10.7 Å². The predicted octanol–water partition coefficient (Wildman–Crippen LogP) is 3.35. The van der Waals surface area contributed by atoms with Crippen molar-refractivity contribution in [3.05, 3.63) is 40.0 Å². The molecule has 0 radical (unpaired) electrons. The summed E-state index contributed by atoms with van der Waals surface area (Å²) >= 11 is 11.7. The van der Waals surface area contributed by atoms with Gasteiger partial charge in [-0.3, -0.25) is 0 Å². The van der Waals surface area contributed by atoms with E-state index in [4.69, 9.17) is 23.2 Å². The fourth-order valence-electron chi connectivity index (χ4n) is 1.81. The monoisotopic (exact) mass is 367 g/mol. The molecule has 1 unspecified atom stereocenters. The molecule has 10 heteroatoms. The number of esters is 1. The van der Waals surface area contributed by atoms with Crippen LogP contribution in [-0.2, 0) is 9.53 Å². The molecule has 1 heterocycles. The van der Waals surface area contributed by atoms with Gasteiger partial charge in [-0.1, -0.05) is 23.2 Å². The second kappa shape index (κ2) is 6.29. The third kappa shape index (κ3) is 3.70. The summed E-state index contributed by atoms with van der Waals surface area (Å²) in [6.07, 6.45) is -3.14. The van der Waals surface area contributed by atoms with Gasteiger partial charge in [0.25, 0.3) is 0 Å². The normalized spacial score (nSPS) is 20.5. The molecular formula is C13H10Cl2F3N3O2. The van der Waals surface area contributed by atoms with E-state index in [1.807, 2.05) is 5.32 Å². The Labute approximate surface area is 139 Å². The maximum Gasteiger partial charge on any atom is 0.431 e. The number of nitrogens with zero attached hydrogens (tertiary/aromatic N) is 1. The molecule has 0 bridgehead atoms. The maximum atomic E-state index is 12.9. The van der Waals surface area contributed by atoms with Crippen molar-refractivity contribution in [3.63, 3.8) is 0 Å². The molecule has 23 heavy (non-hydrogen) atoms. The van der Waals surface area contributed by atoms with E-state index < -0.39 is 23.6 Å². The minimum atomic E-state index is -4.70. The van der Waals surface area contributed by atoms with E-state index in [9.17, 15) is 18.0 Å². The number of nitrogens with one attached hydrogen (secondary N) is 2. The minimum Gasteiger partial charge on any atom is -0.464 e. The smallest absolute Gasteiger partial charge is 0.431 e. The molecule has 1 aliphatic rings. The number of benzene rings is 1. The van der Waals surface area contributed by atoms with Gasteiger partial charge in [-0.2, -0.15) is 13.2 Å². The number of ether oxygens (including phenoxy) is 1. The van der Waals surface area contributed by atoms with Gasteiger partial charge in [0.1, 0.15) is 5.70 Å². The van der Waals surface area contributed by atoms with Gasteiger partial charge in [0.05, 0.1) is 17.8 Å². The number of anilines is 1. The second-order valence-corrected chi connectivity index (χ2v) is 5.28. The lowest BCUT2D eigenvalue weighted by Crippen LogP contribution is -2.59. The number of alkyl halides is 3. The van der Waals surface area contributed by atoms with Crippen molar-refractivity contribution in [2.45, 2.75) is 12.0 Å². The Bertz CT molecular complexity index is 692. The van der Waals surface area contributed by atoms with Gasteiger partial charge in [0, 0.05) is 11.2 Å². The van der Waals surface area contributed by atoms with Crippen LogP contribution in [0.4, 0.5) is 18.9 Å². The van der Waals surface area contributed by atoms with Crippen molar-refractivity contribution in [2.75, 3.05) is 12.4 Å². The molecule has 0 aliphatic carbocycles. The zero-order chi connectivity index (χ0) is 17.3. The fourth-order valence-corrected chi connectivity index (χ4v) is 2.27. The van der Waals surface area contributed by atoms with Gasteiger partial charge in [0.15, 0.2) is 0 Å². The van der Waals surface area contributed by atoms with Crippen LogP contribution in [0.5, 0.6) is 0 Å². The van der Waals surface area contributed by atoms with Gasteiger partial charge in [-0.25, -0.2) is 9.79 Å². The van der Waals surface area contributed by atoms with Crippen molar-refractivity contribution in [1.29, 1.82) is 0 Å². The molecule has 0 spiro atoms. The summed E-state index contributed by atoms with van der Waals surface area (Å²) in [5, 5.41) is 4.96. The lowest BCUT2D eigenvalue weighted by atomic mass is 10.2. The van der Waals surface area contributed by atoms with Crippen LogP contribution in [-0.4, -0.2) is 31.3 Å². The fraction of sp³-hybridized carbons (Fsp3) is 0.231. The molecule has 0 aromatic heterocycles. The topological polar surface area (TPSA) is 62.7 Å². The summed E-state index contributed by atoms with van der Waals surface area (Å²) in [4.78, 5) is 15.8. The van der Waals surface area contributed by atoms with Crippen molar-refractivity contribution < 1.29 is 22.7 Å². The highest BCUT2D eigenvalue weighted by atomic mass is 35.5. The Morgan fingerprint density at radius 2 is 2.09 bits per heavy atom. The standard InChI is InChI=1S/C13H10Cl2F3N3O2/c1-23-11(22)13(19-5-4-10(21-13)12(16,17)18)20-9-3-2-7(14)6-8(9)15/h2-6,20-21H,1H3. The van der Waals surface area contributed by atoms with Crippen molar-refractivity contribution in [2.24, 2.45) is 4.99 Å². The van der Waals surface area contributed by atoms with Crippen LogP contribution in [0.1, 0.15) is 0 Å². The van der Waals surface area contributed by atoms with Crippen LogP contribution >= 0.6 is 23.2 Å². The SMILES string of the molecule is COC(=O)C1(Nc2ccc(Cl)cc2Cl)N=CC=C(C(F)(F)F)N1. The molecule has 5 nitrogen and oxygen atoms in total. The number of hydrogen-bond donors (Lipinski definition) is 2. The summed E-state index contributed by atoms with van der Waals surface area (Å²) in [7, 11) is 1.03. The Balaban J connectivity index is 2.41. The third-order valence-corrected chi connectivity index (χ3v) is 3.41. The lowest BCUT2D eigenvalue weighted by molar-refractivity contribution is -0.148. The summed E-state index contributed by atoms with van der Waals surface area (Å²) < 4.78 is 43.3. The van der Waals surface area contributed by atoms with Crippen LogP contribution in [0.15, 0.2) is 35.0 Å². The van der Waals surface area contributed by atoms with Gasteiger partial charge in [0.2, 0.25) is 0 Å². The average molecular weight is 368 g/mol. The molecular weight excluding hydrogens is 358 g/mol. The molecule has 1 aromatic rings. The van der Waals surface area contributed by atoms with E-state index in [1.165, 1.54) is 18.2 Å². The van der Waals surface area contributed by atoms with Crippen LogP contribution in [0, 0.1) is 0 Å². The number of carbonyl (C=O) groups excluding carboxylic acids is 1. The van der Waals surface area contributed by atoms with E-state index in [1.54, 1.807) is 0 Å². The third-order valence-electron chi connectivity index (χ3n) is 2.86. The predicted molar refractivity (Wildman–Crippen MR) is 80.6 cm³/mol. The average Bonchev–Trinajstić information content (AvgIpc) is 2.48. The number of hydrogen-bond acceptors (Lipinski definition) is 5. The molecule has 1 aromatic carbocycles. The number of allylic oxidation sites excluding steroid dienone is 2. The van der Waals surface area contributed by atoms with Crippen LogP contribution in [0.2, 0.25) is 10.0 Å². The summed E-state index contributed by atoms with van der Waals surface area (Å²) in [5.74, 6) is -3.28. The molecule has 1 atom stereocenters. The van der Waals surface area contributed by atoms with Crippen molar-refractivity contribution >= 4 is 41.1 Å².